The van der Waals surface area contributed by atoms with E-state index in [-0.39, 0.29) is 12.2 Å². The maximum Gasteiger partial charge on any atom is 0.251 e. The van der Waals surface area contributed by atoms with Crippen molar-refractivity contribution in [2.24, 2.45) is 5.73 Å². The minimum absolute atomic E-state index is 0.178. The molecule has 0 bridgehead atoms. The molecular formula is C15H19N3O2. The van der Waals surface area contributed by atoms with Crippen molar-refractivity contribution in [3.05, 3.63) is 57.3 Å². The molecule has 2 rings (SSSR count). The summed E-state index contributed by atoms with van der Waals surface area (Å²) in [7, 11) is 0. The summed E-state index contributed by atoms with van der Waals surface area (Å²) in [5.41, 5.74) is 8.17. The van der Waals surface area contributed by atoms with Gasteiger partial charge >= 0.3 is 0 Å². The van der Waals surface area contributed by atoms with E-state index in [0.29, 0.717) is 24.5 Å². The van der Waals surface area contributed by atoms with Crippen molar-refractivity contribution in [3.8, 4) is 5.75 Å². The molecule has 0 saturated carbocycles. The summed E-state index contributed by atoms with van der Waals surface area (Å²) in [6, 6.07) is 7.47. The fraction of sp³-hybridized carbons (Fsp3) is 0.333. The number of nitrogens with one attached hydrogen (secondary N) is 1. The predicted molar refractivity (Wildman–Crippen MR) is 77.9 cm³/mol. The lowest BCUT2D eigenvalue weighted by Crippen LogP contribution is -2.16. The van der Waals surface area contributed by atoms with Gasteiger partial charge in [-0.3, -0.25) is 4.79 Å². The first-order chi connectivity index (χ1) is 9.58. The molecule has 2 aromatic rings. The maximum absolute atomic E-state index is 11.5. The Morgan fingerprint density at radius 1 is 1.30 bits per heavy atom. The SMILES string of the molecule is Cc1ccc(C)c(OCc2nc(CCN)cc(=O)[nH]2)c1. The van der Waals surface area contributed by atoms with Crippen LogP contribution < -0.4 is 16.0 Å². The van der Waals surface area contributed by atoms with Gasteiger partial charge in [0, 0.05) is 18.2 Å². The zero-order valence-electron chi connectivity index (χ0n) is 11.8. The molecule has 0 radical (unpaired) electrons. The predicted octanol–water partition coefficient (Wildman–Crippen LogP) is 1.47. The molecule has 1 heterocycles. The van der Waals surface area contributed by atoms with Gasteiger partial charge in [0.05, 0.1) is 0 Å². The van der Waals surface area contributed by atoms with Crippen molar-refractivity contribution >= 4 is 0 Å². The Balaban J connectivity index is 2.14. The van der Waals surface area contributed by atoms with E-state index in [1.165, 1.54) is 6.07 Å². The molecule has 0 aliphatic heterocycles. The van der Waals surface area contributed by atoms with Crippen molar-refractivity contribution < 1.29 is 4.74 Å². The molecule has 5 heteroatoms. The second-order valence-corrected chi connectivity index (χ2v) is 4.78. The third-order valence-electron chi connectivity index (χ3n) is 2.95. The number of aromatic amines is 1. The lowest BCUT2D eigenvalue weighted by molar-refractivity contribution is 0.292. The molecule has 1 aromatic heterocycles. The fourth-order valence-electron chi connectivity index (χ4n) is 1.92. The molecule has 0 aliphatic rings. The lowest BCUT2D eigenvalue weighted by atomic mass is 10.1. The summed E-state index contributed by atoms with van der Waals surface area (Å²) in [5.74, 6) is 1.32. The summed E-state index contributed by atoms with van der Waals surface area (Å²) in [4.78, 5) is 18.5. The zero-order valence-corrected chi connectivity index (χ0v) is 11.8. The number of rotatable bonds is 5. The first kappa shape index (κ1) is 14.3. The largest absolute Gasteiger partial charge is 0.485 e. The number of ether oxygens (including phenoxy) is 1. The number of hydrogen-bond acceptors (Lipinski definition) is 4. The molecule has 0 saturated heterocycles. The molecule has 3 N–H and O–H groups in total. The summed E-state index contributed by atoms with van der Waals surface area (Å²) < 4.78 is 5.73. The van der Waals surface area contributed by atoms with Gasteiger partial charge in [-0.25, -0.2) is 4.98 Å². The Hall–Kier alpha value is -2.14. The second-order valence-electron chi connectivity index (χ2n) is 4.78. The van der Waals surface area contributed by atoms with Crippen molar-refractivity contribution in [2.45, 2.75) is 26.9 Å². The highest BCUT2D eigenvalue weighted by Gasteiger charge is 2.04. The maximum atomic E-state index is 11.5. The molecule has 20 heavy (non-hydrogen) atoms. The lowest BCUT2D eigenvalue weighted by Gasteiger charge is -2.10. The second kappa shape index (κ2) is 6.34. The van der Waals surface area contributed by atoms with Crippen molar-refractivity contribution in [3.63, 3.8) is 0 Å². The fourth-order valence-corrected chi connectivity index (χ4v) is 1.92. The smallest absolute Gasteiger partial charge is 0.251 e. The van der Waals surface area contributed by atoms with Gasteiger partial charge in [-0.2, -0.15) is 0 Å². The standard InChI is InChI=1S/C15H19N3O2/c1-10-3-4-11(2)13(7-10)20-9-14-17-12(5-6-16)8-15(19)18-14/h3-4,7-8H,5-6,9,16H2,1-2H3,(H,17,18,19). The van der Waals surface area contributed by atoms with Crippen molar-refractivity contribution in [2.75, 3.05) is 6.54 Å². The van der Waals surface area contributed by atoms with E-state index < -0.39 is 0 Å². The van der Waals surface area contributed by atoms with Crippen LogP contribution in [0.25, 0.3) is 0 Å². The number of aromatic nitrogens is 2. The Morgan fingerprint density at radius 2 is 2.10 bits per heavy atom. The van der Waals surface area contributed by atoms with E-state index in [2.05, 4.69) is 9.97 Å². The highest BCUT2D eigenvalue weighted by molar-refractivity contribution is 5.35. The quantitative estimate of drug-likeness (QED) is 0.864. The van der Waals surface area contributed by atoms with Crippen LogP contribution in [0.3, 0.4) is 0 Å². The van der Waals surface area contributed by atoms with E-state index in [1.54, 1.807) is 0 Å². The van der Waals surface area contributed by atoms with Crippen LogP contribution >= 0.6 is 0 Å². The van der Waals surface area contributed by atoms with Crippen LogP contribution in [0.4, 0.5) is 0 Å². The number of benzene rings is 1. The summed E-state index contributed by atoms with van der Waals surface area (Å²) in [6.45, 7) is 4.69. The van der Waals surface area contributed by atoms with Crippen LogP contribution in [0, 0.1) is 13.8 Å². The van der Waals surface area contributed by atoms with Crippen LogP contribution in [0.15, 0.2) is 29.1 Å². The van der Waals surface area contributed by atoms with Crippen LogP contribution in [0.1, 0.15) is 22.6 Å². The van der Waals surface area contributed by atoms with E-state index in [1.807, 2.05) is 32.0 Å². The topological polar surface area (TPSA) is 81.0 Å². The monoisotopic (exact) mass is 273 g/mol. The Labute approximate surface area is 117 Å². The number of hydrogen-bond donors (Lipinski definition) is 2. The molecular weight excluding hydrogens is 254 g/mol. The third-order valence-corrected chi connectivity index (χ3v) is 2.95. The minimum atomic E-state index is -0.178. The molecule has 0 fully saturated rings. The first-order valence-corrected chi connectivity index (χ1v) is 6.57. The van der Waals surface area contributed by atoms with Gasteiger partial charge < -0.3 is 15.5 Å². The highest BCUT2D eigenvalue weighted by Crippen LogP contribution is 2.19. The molecule has 106 valence electrons. The molecule has 0 atom stereocenters. The molecule has 0 unspecified atom stereocenters. The normalized spacial score (nSPS) is 10.6. The average molecular weight is 273 g/mol. The number of aryl methyl sites for hydroxylation is 2. The molecule has 1 aromatic carbocycles. The van der Waals surface area contributed by atoms with Crippen LogP contribution in [-0.4, -0.2) is 16.5 Å². The van der Waals surface area contributed by atoms with Gasteiger partial charge in [-0.1, -0.05) is 12.1 Å². The highest BCUT2D eigenvalue weighted by atomic mass is 16.5. The van der Waals surface area contributed by atoms with Crippen LogP contribution in [0.2, 0.25) is 0 Å². The third kappa shape index (κ3) is 3.68. The van der Waals surface area contributed by atoms with E-state index in [0.717, 1.165) is 16.9 Å². The Bertz CT molecular complexity index is 650. The number of H-pyrrole nitrogens is 1. The summed E-state index contributed by atoms with van der Waals surface area (Å²) in [6.07, 6.45) is 0.584. The van der Waals surface area contributed by atoms with Gasteiger partial charge in [0.1, 0.15) is 18.2 Å². The summed E-state index contributed by atoms with van der Waals surface area (Å²) in [5, 5.41) is 0. The minimum Gasteiger partial charge on any atom is -0.485 e. The van der Waals surface area contributed by atoms with E-state index >= 15 is 0 Å². The Morgan fingerprint density at radius 3 is 2.85 bits per heavy atom. The molecule has 0 spiro atoms. The van der Waals surface area contributed by atoms with Crippen molar-refractivity contribution in [1.29, 1.82) is 0 Å². The van der Waals surface area contributed by atoms with Crippen LogP contribution in [-0.2, 0) is 13.0 Å². The van der Waals surface area contributed by atoms with Gasteiger partial charge in [-0.05, 0) is 37.6 Å². The van der Waals surface area contributed by atoms with Gasteiger partial charge in [0.15, 0.2) is 0 Å². The molecule has 5 nitrogen and oxygen atoms in total. The first-order valence-electron chi connectivity index (χ1n) is 6.57. The van der Waals surface area contributed by atoms with E-state index in [9.17, 15) is 4.79 Å². The average Bonchev–Trinajstić information content (AvgIpc) is 2.40. The van der Waals surface area contributed by atoms with E-state index in [4.69, 9.17) is 10.5 Å². The molecule has 0 amide bonds. The molecule has 0 aliphatic carbocycles. The number of nitrogens with two attached hydrogens (primary N) is 1. The summed E-state index contributed by atoms with van der Waals surface area (Å²) >= 11 is 0. The van der Waals surface area contributed by atoms with Crippen molar-refractivity contribution in [1.82, 2.24) is 9.97 Å². The zero-order chi connectivity index (χ0) is 14.5. The Kier molecular flexibility index (Phi) is 4.53. The van der Waals surface area contributed by atoms with Gasteiger partial charge in [0.2, 0.25) is 0 Å². The van der Waals surface area contributed by atoms with Gasteiger partial charge in [0.25, 0.3) is 5.56 Å². The van der Waals surface area contributed by atoms with Gasteiger partial charge in [-0.15, -0.1) is 0 Å². The number of nitrogens with zero attached hydrogens (tertiary/aromatic N) is 1. The van der Waals surface area contributed by atoms with Crippen LogP contribution in [0.5, 0.6) is 5.75 Å².